The maximum Gasteiger partial charge on any atom is 0.138 e. The molecule has 0 aliphatic rings. The topological polar surface area (TPSA) is 17.1 Å². The fraction of sp³-hybridized carbons (Fsp3) is 0.286. The van der Waals surface area contributed by atoms with Crippen molar-refractivity contribution in [3.8, 4) is 0 Å². The van der Waals surface area contributed by atoms with Crippen molar-refractivity contribution in [2.45, 2.75) is 11.8 Å². The molecule has 0 amide bonds. The highest BCUT2D eigenvalue weighted by molar-refractivity contribution is 9.09. The van der Waals surface area contributed by atoms with Gasteiger partial charge in [-0.1, -0.05) is 15.9 Å². The van der Waals surface area contributed by atoms with Crippen LogP contribution in [-0.2, 0) is 4.79 Å². The first kappa shape index (κ1) is 7.95. The second-order valence-corrected chi connectivity index (χ2v) is 4.29. The summed E-state index contributed by atoms with van der Waals surface area (Å²) in [6.07, 6.45) is 0.894. The van der Waals surface area contributed by atoms with Crippen molar-refractivity contribution in [1.82, 2.24) is 0 Å². The Labute approximate surface area is 72.2 Å². The van der Waals surface area contributed by atoms with Crippen molar-refractivity contribution >= 4 is 33.6 Å². The second-order valence-electron chi connectivity index (χ2n) is 1.99. The molecule has 1 heterocycles. The molecule has 0 fully saturated rings. The van der Waals surface area contributed by atoms with E-state index in [4.69, 9.17) is 0 Å². The van der Waals surface area contributed by atoms with Crippen LogP contribution in [0.3, 0.4) is 0 Å². The van der Waals surface area contributed by atoms with Gasteiger partial charge in [0.15, 0.2) is 0 Å². The van der Waals surface area contributed by atoms with E-state index in [-0.39, 0.29) is 4.83 Å². The highest BCUT2D eigenvalue weighted by Crippen LogP contribution is 2.26. The molecule has 0 radical (unpaired) electrons. The number of hydrogen-bond donors (Lipinski definition) is 0. The molecular weight excluding hydrogens is 212 g/mol. The molecule has 0 saturated heterocycles. The third-order valence-electron chi connectivity index (χ3n) is 1.15. The highest BCUT2D eigenvalue weighted by atomic mass is 79.9. The monoisotopic (exact) mass is 218 g/mol. The van der Waals surface area contributed by atoms with E-state index in [1.54, 1.807) is 11.3 Å². The van der Waals surface area contributed by atoms with Gasteiger partial charge in [0.25, 0.3) is 0 Å². The van der Waals surface area contributed by atoms with Gasteiger partial charge in [-0.25, -0.2) is 0 Å². The van der Waals surface area contributed by atoms with Crippen LogP contribution < -0.4 is 0 Å². The van der Waals surface area contributed by atoms with Crippen molar-refractivity contribution < 1.29 is 4.79 Å². The summed E-state index contributed by atoms with van der Waals surface area (Å²) in [5, 5.41) is 0. The first-order valence-corrected chi connectivity index (χ1v) is 4.63. The van der Waals surface area contributed by atoms with Crippen molar-refractivity contribution in [1.29, 1.82) is 0 Å². The van der Waals surface area contributed by atoms with Crippen LogP contribution in [0.4, 0.5) is 0 Å². The zero-order valence-corrected chi connectivity index (χ0v) is 7.91. The number of rotatable bonds is 2. The summed E-state index contributed by atoms with van der Waals surface area (Å²) in [6.45, 7) is 2.03. The lowest BCUT2D eigenvalue weighted by Gasteiger charge is -1.93. The normalized spacial score (nSPS) is 13.0. The number of hydrogen-bond acceptors (Lipinski definition) is 2. The molecular formula is C7H7BrOS. The number of halogens is 1. The Morgan fingerprint density at radius 2 is 2.40 bits per heavy atom. The summed E-state index contributed by atoms with van der Waals surface area (Å²) >= 11 is 4.88. The Bertz CT molecular complexity index is 231. The van der Waals surface area contributed by atoms with Gasteiger partial charge in [0.05, 0.1) is 0 Å². The maximum absolute atomic E-state index is 10.3. The zero-order valence-electron chi connectivity index (χ0n) is 5.50. The summed E-state index contributed by atoms with van der Waals surface area (Å²) in [4.78, 5) is 12.5. The Morgan fingerprint density at radius 3 is 2.80 bits per heavy atom. The highest BCUT2D eigenvalue weighted by Gasteiger charge is 2.06. The summed E-state index contributed by atoms with van der Waals surface area (Å²) in [5.41, 5.74) is 0. The third-order valence-corrected chi connectivity index (χ3v) is 3.25. The Hall–Kier alpha value is -0.150. The Kier molecular flexibility index (Phi) is 2.63. The molecule has 1 rings (SSSR count). The molecule has 54 valence electrons. The van der Waals surface area contributed by atoms with Gasteiger partial charge in [0, 0.05) is 9.75 Å². The van der Waals surface area contributed by atoms with Gasteiger partial charge in [-0.05, 0) is 19.1 Å². The number of carbonyl (C=O) groups is 1. The molecule has 0 aliphatic heterocycles. The van der Waals surface area contributed by atoms with E-state index in [9.17, 15) is 4.79 Å². The quantitative estimate of drug-likeness (QED) is 0.552. The average molecular weight is 219 g/mol. The van der Waals surface area contributed by atoms with Crippen molar-refractivity contribution in [3.63, 3.8) is 0 Å². The molecule has 0 bridgehead atoms. The summed E-state index contributed by atoms with van der Waals surface area (Å²) in [6, 6.07) is 3.98. The standard InChI is InChI=1S/C7H7BrOS/c1-5-2-3-7(10-5)6(8)4-9/h2-4,6H,1H3/t6-/m0/s1. The molecule has 1 atom stereocenters. The molecule has 0 spiro atoms. The van der Waals surface area contributed by atoms with Crippen LogP contribution >= 0.6 is 27.3 Å². The van der Waals surface area contributed by atoms with E-state index in [0.717, 1.165) is 11.2 Å². The van der Waals surface area contributed by atoms with Crippen LogP contribution in [0.5, 0.6) is 0 Å². The predicted molar refractivity (Wildman–Crippen MR) is 46.8 cm³/mol. The minimum absolute atomic E-state index is 0.119. The number of thiophene rings is 1. The lowest BCUT2D eigenvalue weighted by Crippen LogP contribution is -1.83. The van der Waals surface area contributed by atoms with Crippen LogP contribution in [0, 0.1) is 6.92 Å². The molecule has 1 aromatic heterocycles. The molecule has 0 aliphatic carbocycles. The largest absolute Gasteiger partial charge is 0.302 e. The number of alkyl halides is 1. The van der Waals surface area contributed by atoms with E-state index < -0.39 is 0 Å². The smallest absolute Gasteiger partial charge is 0.138 e. The lowest BCUT2D eigenvalue weighted by atomic mass is 10.4. The molecule has 0 aromatic carbocycles. The molecule has 0 N–H and O–H groups in total. The molecule has 1 aromatic rings. The van der Waals surface area contributed by atoms with Crippen molar-refractivity contribution in [2.24, 2.45) is 0 Å². The fourth-order valence-electron chi connectivity index (χ4n) is 0.669. The van der Waals surface area contributed by atoms with Gasteiger partial charge in [-0.15, -0.1) is 11.3 Å². The van der Waals surface area contributed by atoms with E-state index in [2.05, 4.69) is 15.9 Å². The minimum atomic E-state index is -0.119. The lowest BCUT2D eigenvalue weighted by molar-refractivity contribution is -0.107. The minimum Gasteiger partial charge on any atom is -0.302 e. The third kappa shape index (κ3) is 1.67. The van der Waals surface area contributed by atoms with Crippen LogP contribution in [0.25, 0.3) is 0 Å². The van der Waals surface area contributed by atoms with Crippen LogP contribution in [0.1, 0.15) is 14.6 Å². The molecule has 1 nitrogen and oxygen atoms in total. The maximum atomic E-state index is 10.3. The predicted octanol–water partition coefficient (Wildman–Crippen LogP) is 2.69. The number of aldehydes is 1. The van der Waals surface area contributed by atoms with Crippen molar-refractivity contribution in [2.75, 3.05) is 0 Å². The zero-order chi connectivity index (χ0) is 7.56. The van der Waals surface area contributed by atoms with E-state index >= 15 is 0 Å². The first-order chi connectivity index (χ1) is 4.74. The van der Waals surface area contributed by atoms with Gasteiger partial charge in [-0.2, -0.15) is 0 Å². The van der Waals surface area contributed by atoms with Crippen LogP contribution in [-0.4, -0.2) is 6.29 Å². The molecule has 3 heteroatoms. The van der Waals surface area contributed by atoms with Crippen LogP contribution in [0.2, 0.25) is 0 Å². The van der Waals surface area contributed by atoms with Gasteiger partial charge < -0.3 is 4.79 Å². The Morgan fingerprint density at radius 1 is 1.70 bits per heavy atom. The number of carbonyl (C=O) groups excluding carboxylic acids is 1. The second kappa shape index (κ2) is 3.30. The molecule has 10 heavy (non-hydrogen) atoms. The van der Waals surface area contributed by atoms with E-state index in [1.807, 2.05) is 19.1 Å². The SMILES string of the molecule is Cc1ccc([C@@H](Br)C=O)s1. The van der Waals surface area contributed by atoms with Gasteiger partial charge in [0.1, 0.15) is 11.1 Å². The van der Waals surface area contributed by atoms with E-state index in [1.165, 1.54) is 4.88 Å². The average Bonchev–Trinajstić information content (AvgIpc) is 2.34. The van der Waals surface area contributed by atoms with Gasteiger partial charge >= 0.3 is 0 Å². The first-order valence-electron chi connectivity index (χ1n) is 2.89. The summed E-state index contributed by atoms with van der Waals surface area (Å²) in [5.74, 6) is 0. The van der Waals surface area contributed by atoms with Crippen LogP contribution in [0.15, 0.2) is 12.1 Å². The summed E-state index contributed by atoms with van der Waals surface area (Å²) in [7, 11) is 0. The van der Waals surface area contributed by atoms with E-state index in [0.29, 0.717) is 0 Å². The summed E-state index contributed by atoms with van der Waals surface area (Å²) < 4.78 is 0. The van der Waals surface area contributed by atoms with Crippen molar-refractivity contribution in [3.05, 3.63) is 21.9 Å². The fourth-order valence-corrected chi connectivity index (χ4v) is 1.91. The van der Waals surface area contributed by atoms with Gasteiger partial charge in [-0.3, -0.25) is 0 Å². The number of aryl methyl sites for hydroxylation is 1. The molecule has 0 saturated carbocycles. The Balaban J connectivity index is 2.84. The molecule has 0 unspecified atom stereocenters. The van der Waals surface area contributed by atoms with Gasteiger partial charge in [0.2, 0.25) is 0 Å².